The smallest absolute Gasteiger partial charge is 0.305 e. The second kappa shape index (κ2) is 24.1. The van der Waals surface area contributed by atoms with Crippen LogP contribution >= 0.6 is 0 Å². The van der Waals surface area contributed by atoms with Crippen LogP contribution in [0.5, 0.6) is 0 Å². The van der Waals surface area contributed by atoms with Crippen molar-refractivity contribution in [1.29, 1.82) is 0 Å². The standard InChI is InChI=1S/C29H56O4/c1-5-7-24-32-28(30)21-19-17-15-13-11-9-10-12-14-16-18-20-27(26(3)4)22-23-29(31)33-25-8-6-2/h26-27H,5-25H2,1-4H3. The molecule has 0 aliphatic rings. The molecule has 0 rings (SSSR count). The molecule has 0 N–H and O–H groups in total. The summed E-state index contributed by atoms with van der Waals surface area (Å²) in [6.45, 7) is 9.96. The van der Waals surface area contributed by atoms with Crippen molar-refractivity contribution in [2.75, 3.05) is 13.2 Å². The molecule has 0 aliphatic carbocycles. The first-order valence-electron chi connectivity index (χ1n) is 14.3. The van der Waals surface area contributed by atoms with E-state index >= 15 is 0 Å². The summed E-state index contributed by atoms with van der Waals surface area (Å²) < 4.78 is 10.5. The molecule has 4 heteroatoms. The minimum absolute atomic E-state index is 0.0148. The topological polar surface area (TPSA) is 52.6 Å². The minimum Gasteiger partial charge on any atom is -0.466 e. The van der Waals surface area contributed by atoms with Crippen molar-refractivity contribution in [1.82, 2.24) is 0 Å². The quantitative estimate of drug-likeness (QED) is 0.105. The monoisotopic (exact) mass is 468 g/mol. The second-order valence-electron chi connectivity index (χ2n) is 10.1. The van der Waals surface area contributed by atoms with Gasteiger partial charge in [-0.3, -0.25) is 9.59 Å². The molecule has 4 nitrogen and oxygen atoms in total. The van der Waals surface area contributed by atoms with Gasteiger partial charge in [0.25, 0.3) is 0 Å². The molecule has 0 aromatic heterocycles. The Balaban J connectivity index is 3.50. The molecule has 0 aromatic carbocycles. The maximum absolute atomic E-state index is 11.9. The molecular weight excluding hydrogens is 412 g/mol. The van der Waals surface area contributed by atoms with Crippen molar-refractivity contribution in [3.63, 3.8) is 0 Å². The zero-order chi connectivity index (χ0) is 24.6. The van der Waals surface area contributed by atoms with Crippen molar-refractivity contribution in [3.8, 4) is 0 Å². The second-order valence-corrected chi connectivity index (χ2v) is 10.1. The number of rotatable bonds is 24. The lowest BCUT2D eigenvalue weighted by molar-refractivity contribution is -0.145. The highest BCUT2D eigenvalue weighted by atomic mass is 16.5. The van der Waals surface area contributed by atoms with Crippen LogP contribution in [0, 0.1) is 11.8 Å². The van der Waals surface area contributed by atoms with E-state index in [0.29, 0.717) is 37.9 Å². The SMILES string of the molecule is CCCCOC(=O)CCCCCCCCCCCCCC(CCC(=O)OCCCC)C(C)C. The normalized spacial score (nSPS) is 12.2. The van der Waals surface area contributed by atoms with Crippen LogP contribution in [0.15, 0.2) is 0 Å². The molecular formula is C29H56O4. The van der Waals surface area contributed by atoms with Gasteiger partial charge in [-0.05, 0) is 37.5 Å². The van der Waals surface area contributed by atoms with E-state index in [-0.39, 0.29) is 11.9 Å². The van der Waals surface area contributed by atoms with E-state index in [4.69, 9.17) is 9.47 Å². The molecule has 33 heavy (non-hydrogen) atoms. The number of esters is 2. The number of hydrogen-bond acceptors (Lipinski definition) is 4. The Bertz CT molecular complexity index is 447. The zero-order valence-electron chi connectivity index (χ0n) is 22.6. The highest BCUT2D eigenvalue weighted by molar-refractivity contribution is 5.69. The van der Waals surface area contributed by atoms with Crippen molar-refractivity contribution in [2.45, 2.75) is 150 Å². The fraction of sp³-hybridized carbons (Fsp3) is 0.931. The van der Waals surface area contributed by atoms with Crippen molar-refractivity contribution in [2.24, 2.45) is 11.8 Å². The molecule has 0 saturated heterocycles. The van der Waals surface area contributed by atoms with Gasteiger partial charge >= 0.3 is 11.9 Å². The lowest BCUT2D eigenvalue weighted by atomic mass is 9.86. The van der Waals surface area contributed by atoms with Crippen LogP contribution in [0.2, 0.25) is 0 Å². The molecule has 1 atom stereocenters. The predicted molar refractivity (Wildman–Crippen MR) is 139 cm³/mol. The molecule has 0 fully saturated rings. The Hall–Kier alpha value is -1.06. The largest absolute Gasteiger partial charge is 0.466 e. The molecule has 0 saturated carbocycles. The number of hydrogen-bond donors (Lipinski definition) is 0. The summed E-state index contributed by atoms with van der Waals surface area (Å²) in [5.41, 5.74) is 0. The van der Waals surface area contributed by atoms with Crippen LogP contribution in [0.1, 0.15) is 150 Å². The van der Waals surface area contributed by atoms with E-state index in [0.717, 1.165) is 44.9 Å². The Morgan fingerprint density at radius 3 is 1.42 bits per heavy atom. The van der Waals surface area contributed by atoms with Crippen molar-refractivity contribution >= 4 is 11.9 Å². The third-order valence-electron chi connectivity index (χ3n) is 6.64. The third kappa shape index (κ3) is 22.5. The highest BCUT2D eigenvalue weighted by Gasteiger charge is 2.15. The van der Waals surface area contributed by atoms with E-state index in [1.807, 2.05) is 0 Å². The summed E-state index contributed by atoms with van der Waals surface area (Å²) in [5, 5.41) is 0. The van der Waals surface area contributed by atoms with E-state index in [9.17, 15) is 9.59 Å². The molecule has 1 unspecified atom stereocenters. The van der Waals surface area contributed by atoms with Crippen LogP contribution in [-0.4, -0.2) is 25.2 Å². The molecule has 0 radical (unpaired) electrons. The summed E-state index contributed by atoms with van der Waals surface area (Å²) in [5.74, 6) is 1.24. The van der Waals surface area contributed by atoms with Crippen LogP contribution in [0.3, 0.4) is 0 Å². The summed E-state index contributed by atoms with van der Waals surface area (Å²) >= 11 is 0. The summed E-state index contributed by atoms with van der Waals surface area (Å²) in [6, 6.07) is 0. The van der Waals surface area contributed by atoms with Gasteiger partial charge in [0.05, 0.1) is 13.2 Å². The van der Waals surface area contributed by atoms with Gasteiger partial charge in [-0.25, -0.2) is 0 Å². The van der Waals surface area contributed by atoms with Crippen LogP contribution in [-0.2, 0) is 19.1 Å². The average molecular weight is 469 g/mol. The van der Waals surface area contributed by atoms with E-state index < -0.39 is 0 Å². The Morgan fingerprint density at radius 2 is 0.970 bits per heavy atom. The van der Waals surface area contributed by atoms with E-state index in [1.165, 1.54) is 64.2 Å². The summed E-state index contributed by atoms with van der Waals surface area (Å²) in [4.78, 5) is 23.4. The zero-order valence-corrected chi connectivity index (χ0v) is 22.6. The van der Waals surface area contributed by atoms with Crippen molar-refractivity contribution in [3.05, 3.63) is 0 Å². The fourth-order valence-corrected chi connectivity index (χ4v) is 4.19. The first-order valence-corrected chi connectivity index (χ1v) is 14.3. The maximum atomic E-state index is 11.9. The number of carbonyl (C=O) groups excluding carboxylic acids is 2. The van der Waals surface area contributed by atoms with Gasteiger partial charge < -0.3 is 9.47 Å². The Morgan fingerprint density at radius 1 is 0.545 bits per heavy atom. The average Bonchev–Trinajstić information content (AvgIpc) is 2.79. The fourth-order valence-electron chi connectivity index (χ4n) is 4.19. The molecule has 196 valence electrons. The minimum atomic E-state index is -0.0203. The molecule has 0 aromatic rings. The summed E-state index contributed by atoms with van der Waals surface area (Å²) in [7, 11) is 0. The Labute approximate surface area is 206 Å². The summed E-state index contributed by atoms with van der Waals surface area (Å²) in [6.07, 6.45) is 21.4. The van der Waals surface area contributed by atoms with E-state index in [1.54, 1.807) is 0 Å². The number of unbranched alkanes of at least 4 members (excludes halogenated alkanes) is 12. The van der Waals surface area contributed by atoms with Gasteiger partial charge in [-0.2, -0.15) is 0 Å². The van der Waals surface area contributed by atoms with Gasteiger partial charge in [-0.1, -0.05) is 111 Å². The molecule has 0 heterocycles. The van der Waals surface area contributed by atoms with Crippen LogP contribution in [0.25, 0.3) is 0 Å². The first-order chi connectivity index (χ1) is 16.0. The Kier molecular flexibility index (Phi) is 23.3. The lowest BCUT2D eigenvalue weighted by Gasteiger charge is -2.20. The molecule has 0 amide bonds. The first kappa shape index (κ1) is 31.9. The maximum Gasteiger partial charge on any atom is 0.305 e. The molecule has 0 spiro atoms. The number of carbonyl (C=O) groups is 2. The van der Waals surface area contributed by atoms with E-state index in [2.05, 4.69) is 27.7 Å². The van der Waals surface area contributed by atoms with Gasteiger partial charge in [0.1, 0.15) is 0 Å². The van der Waals surface area contributed by atoms with Crippen LogP contribution < -0.4 is 0 Å². The molecule has 0 aliphatic heterocycles. The van der Waals surface area contributed by atoms with Gasteiger partial charge in [0.2, 0.25) is 0 Å². The highest BCUT2D eigenvalue weighted by Crippen LogP contribution is 2.24. The van der Waals surface area contributed by atoms with Crippen LogP contribution in [0.4, 0.5) is 0 Å². The van der Waals surface area contributed by atoms with Gasteiger partial charge in [-0.15, -0.1) is 0 Å². The third-order valence-corrected chi connectivity index (χ3v) is 6.64. The number of ether oxygens (including phenoxy) is 2. The molecule has 0 bridgehead atoms. The van der Waals surface area contributed by atoms with Gasteiger partial charge in [0, 0.05) is 12.8 Å². The predicted octanol–water partition coefficient (Wildman–Crippen LogP) is 8.80. The van der Waals surface area contributed by atoms with Gasteiger partial charge in [0.15, 0.2) is 0 Å². The lowest BCUT2D eigenvalue weighted by Crippen LogP contribution is -2.13. The van der Waals surface area contributed by atoms with Crippen molar-refractivity contribution < 1.29 is 19.1 Å².